The Labute approximate surface area is 106 Å². The van der Waals surface area contributed by atoms with Gasteiger partial charge in [-0.15, -0.1) is 0 Å². The number of carboxylic acid groups (broad SMARTS) is 1. The standard InChI is InChI=1S/C14H17NO3/c16-13(8-3-9-14(17)18)15-10-4-6-11-5-1-2-7-12(11)15/h1-2,5,7H,3-4,6,8-10H2,(H,17,18). The first-order chi connectivity index (χ1) is 8.68. The van der Waals surface area contributed by atoms with Gasteiger partial charge in [-0.2, -0.15) is 0 Å². The largest absolute Gasteiger partial charge is 0.481 e. The second-order valence-electron chi connectivity index (χ2n) is 4.52. The van der Waals surface area contributed by atoms with E-state index >= 15 is 0 Å². The Morgan fingerprint density at radius 2 is 2.00 bits per heavy atom. The number of aryl methyl sites for hydroxylation is 1. The first-order valence-corrected chi connectivity index (χ1v) is 6.28. The SMILES string of the molecule is O=C(O)CCCC(=O)N1CCCc2ccccc21. The molecule has 0 saturated carbocycles. The van der Waals surface area contributed by atoms with Crippen LogP contribution in [0.3, 0.4) is 0 Å². The average Bonchev–Trinajstić information content (AvgIpc) is 2.37. The van der Waals surface area contributed by atoms with Crippen LogP contribution >= 0.6 is 0 Å². The van der Waals surface area contributed by atoms with E-state index in [9.17, 15) is 9.59 Å². The summed E-state index contributed by atoms with van der Waals surface area (Å²) in [6.45, 7) is 0.739. The number of carbonyl (C=O) groups excluding carboxylic acids is 1. The van der Waals surface area contributed by atoms with Crippen LogP contribution in [0.5, 0.6) is 0 Å². The van der Waals surface area contributed by atoms with Crippen LogP contribution in [0.2, 0.25) is 0 Å². The number of aliphatic carboxylic acids is 1. The molecule has 1 aromatic carbocycles. The Bertz CT molecular complexity index is 456. The molecule has 4 nitrogen and oxygen atoms in total. The third-order valence-electron chi connectivity index (χ3n) is 3.19. The van der Waals surface area contributed by atoms with Crippen LogP contribution in [0.4, 0.5) is 5.69 Å². The smallest absolute Gasteiger partial charge is 0.303 e. The lowest BCUT2D eigenvalue weighted by atomic mass is 10.0. The molecule has 0 fully saturated rings. The fraction of sp³-hybridized carbons (Fsp3) is 0.429. The van der Waals surface area contributed by atoms with Gasteiger partial charge in [-0.1, -0.05) is 18.2 Å². The molecule has 0 aromatic heterocycles. The summed E-state index contributed by atoms with van der Waals surface area (Å²) in [5.41, 5.74) is 2.19. The summed E-state index contributed by atoms with van der Waals surface area (Å²) in [5.74, 6) is -0.815. The molecule has 1 heterocycles. The summed E-state index contributed by atoms with van der Waals surface area (Å²) in [6.07, 6.45) is 2.76. The van der Waals surface area contributed by atoms with Gasteiger partial charge < -0.3 is 10.0 Å². The zero-order chi connectivity index (χ0) is 13.0. The molecule has 0 bridgehead atoms. The Morgan fingerprint density at radius 1 is 1.22 bits per heavy atom. The number of amides is 1. The van der Waals surface area contributed by atoms with Gasteiger partial charge in [0.05, 0.1) is 0 Å². The molecule has 1 N–H and O–H groups in total. The average molecular weight is 247 g/mol. The molecule has 18 heavy (non-hydrogen) atoms. The van der Waals surface area contributed by atoms with Gasteiger partial charge in [0.1, 0.15) is 0 Å². The monoisotopic (exact) mass is 247 g/mol. The predicted molar refractivity (Wildman–Crippen MR) is 68.6 cm³/mol. The van der Waals surface area contributed by atoms with E-state index in [4.69, 9.17) is 5.11 Å². The third-order valence-corrected chi connectivity index (χ3v) is 3.19. The minimum atomic E-state index is -0.846. The number of hydrogen-bond donors (Lipinski definition) is 1. The van der Waals surface area contributed by atoms with Crippen LogP contribution in [-0.4, -0.2) is 23.5 Å². The number of fused-ring (bicyclic) bond motifs is 1. The number of hydrogen-bond acceptors (Lipinski definition) is 2. The molecule has 0 spiro atoms. The lowest BCUT2D eigenvalue weighted by molar-refractivity contribution is -0.137. The molecule has 2 rings (SSSR count). The van der Waals surface area contributed by atoms with Crippen molar-refractivity contribution < 1.29 is 14.7 Å². The molecule has 0 unspecified atom stereocenters. The summed E-state index contributed by atoms with van der Waals surface area (Å²) in [4.78, 5) is 24.3. The van der Waals surface area contributed by atoms with Crippen molar-refractivity contribution in [2.24, 2.45) is 0 Å². The highest BCUT2D eigenvalue weighted by Crippen LogP contribution is 2.27. The highest BCUT2D eigenvalue weighted by molar-refractivity contribution is 5.94. The Morgan fingerprint density at radius 3 is 2.78 bits per heavy atom. The maximum absolute atomic E-state index is 12.1. The van der Waals surface area contributed by atoms with E-state index < -0.39 is 5.97 Å². The van der Waals surface area contributed by atoms with E-state index in [1.54, 1.807) is 4.90 Å². The highest BCUT2D eigenvalue weighted by Gasteiger charge is 2.21. The van der Waals surface area contributed by atoms with Gasteiger partial charge in [0.2, 0.25) is 5.91 Å². The van der Waals surface area contributed by atoms with E-state index in [0.717, 1.165) is 25.1 Å². The lowest BCUT2D eigenvalue weighted by Gasteiger charge is -2.29. The van der Waals surface area contributed by atoms with Crippen LogP contribution in [0.15, 0.2) is 24.3 Å². The molecule has 96 valence electrons. The number of carboxylic acids is 1. The van der Waals surface area contributed by atoms with E-state index in [-0.39, 0.29) is 12.3 Å². The van der Waals surface area contributed by atoms with E-state index in [1.807, 2.05) is 24.3 Å². The van der Waals surface area contributed by atoms with Crippen LogP contribution in [0, 0.1) is 0 Å². The Kier molecular flexibility index (Phi) is 3.97. The number of nitrogens with zero attached hydrogens (tertiary/aromatic N) is 1. The van der Waals surface area contributed by atoms with Crippen LogP contribution in [-0.2, 0) is 16.0 Å². The fourth-order valence-corrected chi connectivity index (χ4v) is 2.32. The third kappa shape index (κ3) is 2.88. The van der Waals surface area contributed by atoms with Gasteiger partial charge in [-0.3, -0.25) is 9.59 Å². The summed E-state index contributed by atoms with van der Waals surface area (Å²) < 4.78 is 0. The summed E-state index contributed by atoms with van der Waals surface area (Å²) >= 11 is 0. The molecule has 1 amide bonds. The lowest BCUT2D eigenvalue weighted by Crippen LogP contribution is -2.35. The zero-order valence-corrected chi connectivity index (χ0v) is 10.3. The van der Waals surface area contributed by atoms with E-state index in [1.165, 1.54) is 5.56 Å². The van der Waals surface area contributed by atoms with Crippen molar-refractivity contribution in [3.63, 3.8) is 0 Å². The molecule has 4 heteroatoms. The van der Waals surface area contributed by atoms with Crippen LogP contribution < -0.4 is 4.90 Å². The maximum Gasteiger partial charge on any atom is 0.303 e. The molecule has 0 radical (unpaired) electrons. The first kappa shape index (κ1) is 12.6. The molecule has 1 aromatic rings. The molecular formula is C14H17NO3. The molecule has 0 atom stereocenters. The molecular weight excluding hydrogens is 230 g/mol. The van der Waals surface area contributed by atoms with Gasteiger partial charge in [0.15, 0.2) is 0 Å². The predicted octanol–water partition coefficient (Wildman–Crippen LogP) is 2.22. The van der Waals surface area contributed by atoms with E-state index in [0.29, 0.717) is 12.8 Å². The first-order valence-electron chi connectivity index (χ1n) is 6.28. The second-order valence-corrected chi connectivity index (χ2v) is 4.52. The van der Waals surface area contributed by atoms with Gasteiger partial charge >= 0.3 is 5.97 Å². The van der Waals surface area contributed by atoms with Gasteiger partial charge in [-0.25, -0.2) is 0 Å². The molecule has 1 aliphatic rings. The van der Waals surface area contributed by atoms with Gasteiger partial charge in [0, 0.05) is 25.1 Å². The second kappa shape index (κ2) is 5.67. The number of para-hydroxylation sites is 1. The molecule has 0 saturated heterocycles. The van der Waals surface area contributed by atoms with Crippen molar-refractivity contribution in [3.8, 4) is 0 Å². The van der Waals surface area contributed by atoms with Gasteiger partial charge in [-0.05, 0) is 30.9 Å². The number of benzene rings is 1. The summed E-state index contributed by atoms with van der Waals surface area (Å²) in [7, 11) is 0. The number of carbonyl (C=O) groups is 2. The van der Waals surface area contributed by atoms with Crippen molar-refractivity contribution in [2.75, 3.05) is 11.4 Å². The minimum Gasteiger partial charge on any atom is -0.481 e. The fourth-order valence-electron chi connectivity index (χ4n) is 2.32. The van der Waals surface area contributed by atoms with Crippen LogP contribution in [0.25, 0.3) is 0 Å². The maximum atomic E-state index is 12.1. The quantitative estimate of drug-likeness (QED) is 0.887. The zero-order valence-electron chi connectivity index (χ0n) is 10.3. The van der Waals surface area contributed by atoms with E-state index in [2.05, 4.69) is 0 Å². The van der Waals surface area contributed by atoms with Crippen LogP contribution in [0.1, 0.15) is 31.2 Å². The Hall–Kier alpha value is -1.84. The van der Waals surface area contributed by atoms with Crippen molar-refractivity contribution in [1.29, 1.82) is 0 Å². The van der Waals surface area contributed by atoms with Crippen molar-refractivity contribution in [2.45, 2.75) is 32.1 Å². The highest BCUT2D eigenvalue weighted by atomic mass is 16.4. The number of anilines is 1. The summed E-state index contributed by atoms with van der Waals surface area (Å²) in [5, 5.41) is 8.57. The summed E-state index contributed by atoms with van der Waals surface area (Å²) in [6, 6.07) is 7.93. The molecule has 1 aliphatic heterocycles. The van der Waals surface area contributed by atoms with Crippen molar-refractivity contribution in [3.05, 3.63) is 29.8 Å². The topological polar surface area (TPSA) is 57.6 Å². The van der Waals surface area contributed by atoms with Crippen molar-refractivity contribution >= 4 is 17.6 Å². The van der Waals surface area contributed by atoms with Crippen molar-refractivity contribution in [1.82, 2.24) is 0 Å². The number of rotatable bonds is 4. The van der Waals surface area contributed by atoms with Gasteiger partial charge in [0.25, 0.3) is 0 Å². The Balaban J connectivity index is 2.01. The minimum absolute atomic E-state index is 0.0309. The molecule has 0 aliphatic carbocycles. The normalized spacial score (nSPS) is 14.1.